The van der Waals surface area contributed by atoms with E-state index in [1.807, 2.05) is 6.92 Å². The minimum atomic E-state index is -0.0946. The van der Waals surface area contributed by atoms with Crippen LogP contribution >= 0.6 is 24.0 Å². The van der Waals surface area contributed by atoms with Crippen LogP contribution in [0.1, 0.15) is 37.8 Å². The summed E-state index contributed by atoms with van der Waals surface area (Å²) < 4.78 is 10.9. The number of nitrogens with one attached hydrogen (secondary N) is 1. The van der Waals surface area contributed by atoms with Crippen molar-refractivity contribution < 1.29 is 14.3 Å². The van der Waals surface area contributed by atoms with Crippen molar-refractivity contribution in [3.63, 3.8) is 0 Å². The zero-order valence-electron chi connectivity index (χ0n) is 19.0. The van der Waals surface area contributed by atoms with Gasteiger partial charge in [0.1, 0.15) is 0 Å². The Morgan fingerprint density at radius 1 is 1.29 bits per heavy atom. The molecule has 2 atom stereocenters. The van der Waals surface area contributed by atoms with Crippen molar-refractivity contribution >= 4 is 35.9 Å². The second-order valence-corrected chi connectivity index (χ2v) is 8.17. The van der Waals surface area contributed by atoms with Crippen molar-refractivity contribution in [1.29, 1.82) is 0 Å². The summed E-state index contributed by atoms with van der Waals surface area (Å²) in [7, 11) is 1.80. The van der Waals surface area contributed by atoms with E-state index in [-0.39, 0.29) is 35.9 Å². The Hall–Kier alpha value is -1.39. The van der Waals surface area contributed by atoms with Crippen LogP contribution in [0.4, 0.5) is 0 Å². The zero-order chi connectivity index (χ0) is 21.3. The lowest BCUT2D eigenvalue weighted by molar-refractivity contribution is -0.149. The minimum Gasteiger partial charge on any atom is -0.466 e. The molecule has 2 unspecified atom stereocenters. The fraction of sp³-hybridized carbons (Fsp3) is 0.652. The lowest BCUT2D eigenvalue weighted by atomic mass is 9.98. The van der Waals surface area contributed by atoms with Gasteiger partial charge in [-0.05, 0) is 37.8 Å². The number of hydrogen-bond donors (Lipinski definition) is 1. The molecule has 0 aromatic heterocycles. The number of carbonyl (C=O) groups excluding carboxylic acids is 1. The molecular weight excluding hydrogens is 507 g/mol. The summed E-state index contributed by atoms with van der Waals surface area (Å²) in [5.41, 5.74) is 2.55. The third kappa shape index (κ3) is 7.91. The SMILES string of the molecule is CCOC(=O)C1CCCN(C(=NC)NCc2cccc(CN3CCOC(C)C3)c2)C1.I. The van der Waals surface area contributed by atoms with Gasteiger partial charge in [0, 0.05) is 46.3 Å². The maximum absolute atomic E-state index is 12.1. The molecule has 3 rings (SSSR count). The van der Waals surface area contributed by atoms with Gasteiger partial charge in [0.25, 0.3) is 0 Å². The highest BCUT2D eigenvalue weighted by molar-refractivity contribution is 14.0. The molecule has 1 aromatic rings. The van der Waals surface area contributed by atoms with Crippen LogP contribution in [0, 0.1) is 5.92 Å². The maximum atomic E-state index is 12.1. The fourth-order valence-corrected chi connectivity index (χ4v) is 4.27. The molecule has 0 spiro atoms. The number of rotatable bonds is 6. The molecule has 2 saturated heterocycles. The van der Waals surface area contributed by atoms with Gasteiger partial charge in [-0.2, -0.15) is 0 Å². The van der Waals surface area contributed by atoms with Gasteiger partial charge in [-0.25, -0.2) is 0 Å². The van der Waals surface area contributed by atoms with Crippen LogP contribution in [0.25, 0.3) is 0 Å². The molecule has 1 N–H and O–H groups in total. The van der Waals surface area contributed by atoms with Crippen molar-refractivity contribution in [2.24, 2.45) is 10.9 Å². The van der Waals surface area contributed by atoms with E-state index in [1.165, 1.54) is 11.1 Å². The predicted molar refractivity (Wildman–Crippen MR) is 134 cm³/mol. The van der Waals surface area contributed by atoms with Crippen LogP contribution in [-0.4, -0.2) is 74.3 Å². The maximum Gasteiger partial charge on any atom is 0.310 e. The first-order valence-electron chi connectivity index (χ1n) is 11.1. The van der Waals surface area contributed by atoms with E-state index in [2.05, 4.69) is 51.3 Å². The largest absolute Gasteiger partial charge is 0.466 e. The van der Waals surface area contributed by atoms with E-state index in [0.29, 0.717) is 25.8 Å². The number of piperidine rings is 1. The summed E-state index contributed by atoms with van der Waals surface area (Å²) >= 11 is 0. The van der Waals surface area contributed by atoms with Gasteiger partial charge in [0.2, 0.25) is 0 Å². The summed E-state index contributed by atoms with van der Waals surface area (Å²) in [5.74, 6) is 0.677. The quantitative estimate of drug-likeness (QED) is 0.257. The molecule has 31 heavy (non-hydrogen) atoms. The molecule has 0 radical (unpaired) electrons. The van der Waals surface area contributed by atoms with Crippen LogP contribution in [0.5, 0.6) is 0 Å². The number of halogens is 1. The first-order chi connectivity index (χ1) is 14.6. The minimum absolute atomic E-state index is 0. The molecule has 2 aliphatic rings. The average molecular weight is 544 g/mol. The molecule has 0 bridgehead atoms. The summed E-state index contributed by atoms with van der Waals surface area (Å²) in [6, 6.07) is 8.71. The van der Waals surface area contributed by atoms with Gasteiger partial charge in [0.15, 0.2) is 5.96 Å². The smallest absolute Gasteiger partial charge is 0.310 e. The monoisotopic (exact) mass is 544 g/mol. The predicted octanol–water partition coefficient (Wildman–Crippen LogP) is 2.88. The molecule has 7 nitrogen and oxygen atoms in total. The Labute approximate surface area is 203 Å². The molecule has 8 heteroatoms. The van der Waals surface area contributed by atoms with E-state index in [0.717, 1.165) is 51.6 Å². The number of guanidine groups is 1. The fourth-order valence-electron chi connectivity index (χ4n) is 4.27. The van der Waals surface area contributed by atoms with E-state index in [4.69, 9.17) is 9.47 Å². The number of ether oxygens (including phenoxy) is 2. The number of morpholine rings is 1. The van der Waals surface area contributed by atoms with Gasteiger partial charge >= 0.3 is 5.97 Å². The lowest BCUT2D eigenvalue weighted by Gasteiger charge is -2.34. The molecule has 1 aromatic carbocycles. The Morgan fingerprint density at radius 2 is 2.10 bits per heavy atom. The Morgan fingerprint density at radius 3 is 2.84 bits per heavy atom. The third-order valence-corrected chi connectivity index (χ3v) is 5.73. The topological polar surface area (TPSA) is 66.4 Å². The van der Waals surface area contributed by atoms with Crippen molar-refractivity contribution in [2.45, 2.75) is 45.9 Å². The summed E-state index contributed by atoms with van der Waals surface area (Å²) in [4.78, 5) is 21.2. The van der Waals surface area contributed by atoms with E-state index < -0.39 is 0 Å². The number of nitrogens with zero attached hydrogens (tertiary/aromatic N) is 3. The van der Waals surface area contributed by atoms with Crippen LogP contribution in [0.15, 0.2) is 29.3 Å². The van der Waals surface area contributed by atoms with Crippen molar-refractivity contribution in [3.8, 4) is 0 Å². The molecule has 2 aliphatic heterocycles. The van der Waals surface area contributed by atoms with Gasteiger partial charge in [0.05, 0.1) is 25.2 Å². The number of esters is 1. The molecule has 174 valence electrons. The number of likely N-dealkylation sites (tertiary alicyclic amines) is 1. The van der Waals surface area contributed by atoms with E-state index >= 15 is 0 Å². The van der Waals surface area contributed by atoms with Gasteiger partial charge in [-0.15, -0.1) is 24.0 Å². The van der Waals surface area contributed by atoms with Gasteiger partial charge < -0.3 is 19.7 Å². The first-order valence-corrected chi connectivity index (χ1v) is 11.1. The number of benzene rings is 1. The standard InChI is InChI=1S/C23H36N4O3.HI/c1-4-29-22(28)21-9-6-10-27(17-21)23(24-3)25-14-19-7-5-8-20(13-19)16-26-11-12-30-18(2)15-26;/h5,7-8,13,18,21H,4,6,9-12,14-17H2,1-3H3,(H,24,25);1H. The van der Waals surface area contributed by atoms with E-state index in [9.17, 15) is 4.79 Å². The Bertz CT molecular complexity index is 731. The molecule has 0 aliphatic carbocycles. The van der Waals surface area contributed by atoms with Crippen LogP contribution < -0.4 is 5.32 Å². The van der Waals surface area contributed by atoms with Gasteiger partial charge in [-0.1, -0.05) is 24.3 Å². The highest BCUT2D eigenvalue weighted by Gasteiger charge is 2.28. The molecule has 2 fully saturated rings. The molecule has 0 saturated carbocycles. The van der Waals surface area contributed by atoms with Crippen molar-refractivity contribution in [1.82, 2.24) is 15.1 Å². The molecule has 0 amide bonds. The second-order valence-electron chi connectivity index (χ2n) is 8.17. The van der Waals surface area contributed by atoms with Crippen LogP contribution in [0.2, 0.25) is 0 Å². The van der Waals surface area contributed by atoms with Gasteiger partial charge in [-0.3, -0.25) is 14.7 Å². The molecule has 2 heterocycles. The highest BCUT2D eigenvalue weighted by atomic mass is 127. The zero-order valence-corrected chi connectivity index (χ0v) is 21.3. The number of hydrogen-bond acceptors (Lipinski definition) is 5. The normalized spacial score (nSPS) is 22.5. The number of carbonyl (C=O) groups is 1. The first kappa shape index (κ1) is 25.9. The highest BCUT2D eigenvalue weighted by Crippen LogP contribution is 2.18. The summed E-state index contributed by atoms with van der Waals surface area (Å²) in [6.45, 7) is 10.4. The van der Waals surface area contributed by atoms with E-state index in [1.54, 1.807) is 7.05 Å². The number of aliphatic imine (C=N–C) groups is 1. The Kier molecular flexibility index (Phi) is 11.0. The summed E-state index contributed by atoms with van der Waals surface area (Å²) in [5, 5.41) is 3.48. The summed E-state index contributed by atoms with van der Waals surface area (Å²) in [6.07, 6.45) is 2.15. The molecular formula is C23H37IN4O3. The second kappa shape index (κ2) is 13.2. The third-order valence-electron chi connectivity index (χ3n) is 5.73. The van der Waals surface area contributed by atoms with Crippen LogP contribution in [-0.2, 0) is 27.4 Å². The Balaban J connectivity index is 0.00000341. The van der Waals surface area contributed by atoms with Crippen molar-refractivity contribution in [2.75, 3.05) is 46.4 Å². The van der Waals surface area contributed by atoms with Crippen LogP contribution in [0.3, 0.4) is 0 Å². The average Bonchev–Trinajstić information content (AvgIpc) is 2.75. The van der Waals surface area contributed by atoms with Crippen molar-refractivity contribution in [3.05, 3.63) is 35.4 Å². The lowest BCUT2D eigenvalue weighted by Crippen LogP contribution is -2.48.